The van der Waals surface area contributed by atoms with E-state index in [0.717, 1.165) is 42.0 Å². The molecule has 1 heterocycles. The summed E-state index contributed by atoms with van der Waals surface area (Å²) in [7, 11) is 4.22. The minimum Gasteiger partial charge on any atom is -0.341 e. The Hall–Kier alpha value is -3.11. The van der Waals surface area contributed by atoms with Gasteiger partial charge in [-0.15, -0.1) is 0 Å². The standard InChI is InChI=1S/C28H33N3O/c1-20-11-9-14-25(21(20)2)29-28(32)24-19-22-12-5-7-15-26(22)31(18-10-17-30(3)4)27-16-8-6-13-23(24)27/h5-9,11-16,24H,10,17-19H2,1-4H3,(H,29,32)/t24-/m0/s1. The van der Waals surface area contributed by atoms with E-state index in [1.54, 1.807) is 0 Å². The van der Waals surface area contributed by atoms with Gasteiger partial charge in [-0.1, -0.05) is 48.5 Å². The molecule has 4 nitrogen and oxygen atoms in total. The lowest BCUT2D eigenvalue weighted by Crippen LogP contribution is -2.25. The quantitative estimate of drug-likeness (QED) is 0.550. The fraction of sp³-hybridized carbons (Fsp3) is 0.321. The van der Waals surface area contributed by atoms with Crippen LogP contribution in [0.2, 0.25) is 0 Å². The molecule has 1 aliphatic rings. The van der Waals surface area contributed by atoms with Crippen LogP contribution in [-0.2, 0) is 11.2 Å². The summed E-state index contributed by atoms with van der Waals surface area (Å²) in [4.78, 5) is 18.3. The SMILES string of the molecule is Cc1cccc(NC(=O)[C@H]2Cc3ccccc3N(CCCN(C)C)c3ccccc32)c1C. The number of amides is 1. The van der Waals surface area contributed by atoms with Crippen molar-refractivity contribution in [2.24, 2.45) is 0 Å². The highest BCUT2D eigenvalue weighted by molar-refractivity contribution is 5.98. The van der Waals surface area contributed by atoms with Crippen LogP contribution in [0.25, 0.3) is 0 Å². The van der Waals surface area contributed by atoms with Gasteiger partial charge in [-0.25, -0.2) is 0 Å². The van der Waals surface area contributed by atoms with Crippen molar-refractivity contribution in [3.8, 4) is 0 Å². The summed E-state index contributed by atoms with van der Waals surface area (Å²) in [5.41, 5.74) is 7.85. The number of nitrogens with one attached hydrogen (secondary N) is 1. The largest absolute Gasteiger partial charge is 0.341 e. The van der Waals surface area contributed by atoms with Crippen molar-refractivity contribution in [1.29, 1.82) is 0 Å². The Bertz CT molecular complexity index is 1110. The molecule has 0 bridgehead atoms. The van der Waals surface area contributed by atoms with Crippen molar-refractivity contribution in [1.82, 2.24) is 4.90 Å². The van der Waals surface area contributed by atoms with E-state index in [0.29, 0.717) is 6.42 Å². The zero-order chi connectivity index (χ0) is 22.7. The molecule has 0 fully saturated rings. The summed E-state index contributed by atoms with van der Waals surface area (Å²) in [6.07, 6.45) is 1.74. The topological polar surface area (TPSA) is 35.6 Å². The molecule has 1 amide bonds. The molecule has 0 unspecified atom stereocenters. The van der Waals surface area contributed by atoms with Crippen LogP contribution in [0, 0.1) is 13.8 Å². The first-order valence-corrected chi connectivity index (χ1v) is 11.4. The van der Waals surface area contributed by atoms with Crippen molar-refractivity contribution in [2.45, 2.75) is 32.6 Å². The molecule has 0 aliphatic carbocycles. The third-order valence-corrected chi connectivity index (χ3v) is 6.48. The number of benzene rings is 3. The summed E-state index contributed by atoms with van der Waals surface area (Å²) >= 11 is 0. The van der Waals surface area contributed by atoms with Gasteiger partial charge in [0.05, 0.1) is 5.92 Å². The molecule has 0 saturated heterocycles. The molecular formula is C28H33N3O. The molecule has 4 rings (SSSR count). The molecule has 1 atom stereocenters. The Balaban J connectivity index is 1.72. The van der Waals surface area contributed by atoms with Gasteiger partial charge >= 0.3 is 0 Å². The second-order valence-electron chi connectivity index (χ2n) is 8.99. The summed E-state index contributed by atoms with van der Waals surface area (Å²) in [6, 6.07) is 23.0. The van der Waals surface area contributed by atoms with E-state index in [2.05, 4.69) is 91.6 Å². The van der Waals surface area contributed by atoms with Crippen LogP contribution in [0.15, 0.2) is 66.7 Å². The summed E-state index contributed by atoms with van der Waals surface area (Å²) in [5.74, 6) is -0.192. The third-order valence-electron chi connectivity index (χ3n) is 6.48. The molecule has 3 aromatic carbocycles. The fourth-order valence-electron chi connectivity index (χ4n) is 4.56. The van der Waals surface area contributed by atoms with Gasteiger partial charge in [0.2, 0.25) is 5.91 Å². The van der Waals surface area contributed by atoms with E-state index in [1.165, 1.54) is 16.8 Å². The first-order valence-electron chi connectivity index (χ1n) is 11.4. The average Bonchev–Trinajstić information content (AvgIpc) is 2.92. The fourth-order valence-corrected chi connectivity index (χ4v) is 4.56. The number of hydrogen-bond donors (Lipinski definition) is 1. The maximum atomic E-state index is 13.6. The third kappa shape index (κ3) is 4.56. The van der Waals surface area contributed by atoms with Crippen LogP contribution in [0.5, 0.6) is 0 Å². The zero-order valence-electron chi connectivity index (χ0n) is 19.6. The zero-order valence-corrected chi connectivity index (χ0v) is 19.6. The smallest absolute Gasteiger partial charge is 0.232 e. The van der Waals surface area contributed by atoms with Crippen molar-refractivity contribution in [3.63, 3.8) is 0 Å². The number of anilines is 3. The number of nitrogens with zero attached hydrogens (tertiary/aromatic N) is 2. The van der Waals surface area contributed by atoms with Gasteiger partial charge < -0.3 is 15.1 Å². The normalized spacial score (nSPS) is 15.2. The van der Waals surface area contributed by atoms with Gasteiger partial charge in [0.15, 0.2) is 0 Å². The summed E-state index contributed by atoms with van der Waals surface area (Å²) in [5, 5.41) is 3.23. The van der Waals surface area contributed by atoms with Crippen LogP contribution in [0.4, 0.5) is 17.1 Å². The van der Waals surface area contributed by atoms with Gasteiger partial charge in [0, 0.05) is 23.6 Å². The molecular weight excluding hydrogens is 394 g/mol. The van der Waals surface area contributed by atoms with E-state index < -0.39 is 0 Å². The number of aryl methyl sites for hydroxylation is 1. The molecule has 32 heavy (non-hydrogen) atoms. The highest BCUT2D eigenvalue weighted by Gasteiger charge is 2.31. The van der Waals surface area contributed by atoms with Crippen LogP contribution in [0.3, 0.4) is 0 Å². The van der Waals surface area contributed by atoms with Crippen molar-refractivity contribution in [2.75, 3.05) is 37.4 Å². The van der Waals surface area contributed by atoms with Crippen LogP contribution in [-0.4, -0.2) is 38.0 Å². The maximum Gasteiger partial charge on any atom is 0.232 e. The Kier molecular flexibility index (Phi) is 6.61. The van der Waals surface area contributed by atoms with Gasteiger partial charge in [-0.2, -0.15) is 0 Å². The predicted molar refractivity (Wildman–Crippen MR) is 134 cm³/mol. The molecule has 3 aromatic rings. The minimum absolute atomic E-state index is 0.0519. The van der Waals surface area contributed by atoms with Crippen molar-refractivity contribution >= 4 is 23.0 Å². The Morgan fingerprint density at radius 2 is 1.69 bits per heavy atom. The second kappa shape index (κ2) is 9.58. The highest BCUT2D eigenvalue weighted by Crippen LogP contribution is 2.41. The Morgan fingerprint density at radius 1 is 0.969 bits per heavy atom. The van der Waals surface area contributed by atoms with E-state index in [1.807, 2.05) is 18.2 Å². The molecule has 4 heteroatoms. The number of fused-ring (bicyclic) bond motifs is 2. The number of para-hydroxylation sites is 2. The molecule has 0 saturated carbocycles. The monoisotopic (exact) mass is 427 g/mol. The minimum atomic E-state index is -0.244. The van der Waals surface area contributed by atoms with E-state index in [4.69, 9.17) is 0 Å². The molecule has 0 aromatic heterocycles. The molecule has 1 aliphatic heterocycles. The molecule has 1 N–H and O–H groups in total. The van der Waals surface area contributed by atoms with Gasteiger partial charge in [-0.3, -0.25) is 4.79 Å². The summed E-state index contributed by atoms with van der Waals surface area (Å²) in [6.45, 7) is 6.08. The van der Waals surface area contributed by atoms with Crippen LogP contribution in [0.1, 0.15) is 34.6 Å². The Morgan fingerprint density at radius 3 is 2.47 bits per heavy atom. The van der Waals surface area contributed by atoms with E-state index in [-0.39, 0.29) is 11.8 Å². The predicted octanol–water partition coefficient (Wildman–Crippen LogP) is 5.67. The molecule has 166 valence electrons. The lowest BCUT2D eigenvalue weighted by Gasteiger charge is -2.28. The maximum absolute atomic E-state index is 13.6. The van der Waals surface area contributed by atoms with Gasteiger partial charge in [0.25, 0.3) is 0 Å². The number of carbonyl (C=O) groups excluding carboxylic acids is 1. The molecule has 0 spiro atoms. The summed E-state index contributed by atoms with van der Waals surface area (Å²) < 4.78 is 0. The van der Waals surface area contributed by atoms with Crippen LogP contribution >= 0.6 is 0 Å². The lowest BCUT2D eigenvalue weighted by molar-refractivity contribution is -0.117. The van der Waals surface area contributed by atoms with Gasteiger partial charge in [-0.05, 0) is 87.8 Å². The number of carbonyl (C=O) groups is 1. The average molecular weight is 428 g/mol. The van der Waals surface area contributed by atoms with E-state index in [9.17, 15) is 4.79 Å². The van der Waals surface area contributed by atoms with E-state index >= 15 is 0 Å². The van der Waals surface area contributed by atoms with Crippen molar-refractivity contribution in [3.05, 3.63) is 89.0 Å². The lowest BCUT2D eigenvalue weighted by atomic mass is 9.91. The number of hydrogen-bond acceptors (Lipinski definition) is 3. The number of rotatable bonds is 6. The first kappa shape index (κ1) is 22.1. The second-order valence-corrected chi connectivity index (χ2v) is 8.99. The Labute approximate surface area is 191 Å². The van der Waals surface area contributed by atoms with Gasteiger partial charge in [0.1, 0.15) is 0 Å². The van der Waals surface area contributed by atoms with Crippen molar-refractivity contribution < 1.29 is 4.79 Å². The highest BCUT2D eigenvalue weighted by atomic mass is 16.1. The first-order chi connectivity index (χ1) is 15.5. The molecule has 0 radical (unpaired) electrons. The van der Waals surface area contributed by atoms with Crippen LogP contribution < -0.4 is 10.2 Å².